The predicted octanol–water partition coefficient (Wildman–Crippen LogP) is 4.49. The topological polar surface area (TPSA) is 148 Å². The van der Waals surface area contributed by atoms with Crippen LogP contribution in [0.15, 0.2) is 48.2 Å². The number of fused-ring (bicyclic) bond motifs is 1. The lowest BCUT2D eigenvalue weighted by Crippen LogP contribution is -2.33. The van der Waals surface area contributed by atoms with Gasteiger partial charge in [0.05, 0.1) is 22.7 Å². The van der Waals surface area contributed by atoms with Gasteiger partial charge in [-0.3, -0.25) is 14.9 Å². The minimum atomic E-state index is -1.27. The Morgan fingerprint density at radius 1 is 1.24 bits per heavy atom. The largest absolute Gasteiger partial charge is 0.507 e. The number of carboxylic acid groups (broad SMARTS) is 1. The summed E-state index contributed by atoms with van der Waals surface area (Å²) in [7, 11) is 0. The molecule has 0 fully saturated rings. The zero-order chi connectivity index (χ0) is 24.0. The van der Waals surface area contributed by atoms with Crippen molar-refractivity contribution >= 4 is 23.1 Å². The summed E-state index contributed by atoms with van der Waals surface area (Å²) in [5, 5.41) is 32.9. The molecule has 1 atom stereocenters. The van der Waals surface area contributed by atoms with Crippen molar-refractivity contribution in [2.45, 2.75) is 38.9 Å². The number of nitro benzene ring substituents is 1. The first kappa shape index (κ1) is 23.7. The fourth-order valence-corrected chi connectivity index (χ4v) is 3.29. The Hall–Kier alpha value is -3.92. The number of phenols is 1. The van der Waals surface area contributed by atoms with Crippen molar-refractivity contribution in [3.8, 4) is 11.5 Å². The Bertz CT molecular complexity index is 1100. The van der Waals surface area contributed by atoms with Gasteiger partial charge >= 0.3 is 5.97 Å². The van der Waals surface area contributed by atoms with Gasteiger partial charge in [0.2, 0.25) is 12.1 Å². The van der Waals surface area contributed by atoms with Crippen molar-refractivity contribution in [1.82, 2.24) is 0 Å². The van der Waals surface area contributed by atoms with Crippen LogP contribution in [0, 0.1) is 10.1 Å². The molecule has 10 heteroatoms. The zero-order valence-electron chi connectivity index (χ0n) is 17.9. The van der Waals surface area contributed by atoms with Gasteiger partial charge < -0.3 is 25.0 Å². The lowest BCUT2D eigenvalue weighted by Gasteiger charge is -2.27. The number of non-ortho nitro benzene ring substituents is 1. The highest BCUT2D eigenvalue weighted by atomic mass is 16.7. The number of nitro groups is 1. The molecule has 0 radical (unpaired) electrons. The molecule has 0 aromatic heterocycles. The molecule has 1 heterocycles. The summed E-state index contributed by atoms with van der Waals surface area (Å²) in [6.45, 7) is 2.44. The first-order valence-electron chi connectivity index (χ1n) is 10.5. The van der Waals surface area contributed by atoms with Crippen molar-refractivity contribution in [3.05, 3.63) is 69.4 Å². The van der Waals surface area contributed by atoms with Gasteiger partial charge in [0.1, 0.15) is 17.1 Å². The monoisotopic (exact) mass is 456 g/mol. The molecule has 1 unspecified atom stereocenters. The molecule has 33 heavy (non-hydrogen) atoms. The number of carbonyl (C=O) groups is 2. The van der Waals surface area contributed by atoms with Crippen LogP contribution in [0.5, 0.6) is 11.5 Å². The van der Waals surface area contributed by atoms with E-state index in [1.54, 1.807) is 0 Å². The second-order valence-electron chi connectivity index (χ2n) is 7.43. The summed E-state index contributed by atoms with van der Waals surface area (Å²) in [6, 6.07) is 7.62. The molecule has 1 aliphatic heterocycles. The third kappa shape index (κ3) is 5.66. The third-order valence-electron chi connectivity index (χ3n) is 5.06. The van der Waals surface area contributed by atoms with Gasteiger partial charge in [0, 0.05) is 30.1 Å². The van der Waals surface area contributed by atoms with Crippen molar-refractivity contribution in [3.63, 3.8) is 0 Å². The molecule has 0 bridgehead atoms. The van der Waals surface area contributed by atoms with Crippen LogP contribution < -0.4 is 10.1 Å². The number of nitrogens with zero attached hydrogens (tertiary/aromatic N) is 1. The number of hydrogen-bond acceptors (Lipinski definition) is 8. The molecule has 174 valence electrons. The van der Waals surface area contributed by atoms with Gasteiger partial charge in [-0.15, -0.1) is 0 Å². The summed E-state index contributed by atoms with van der Waals surface area (Å²) in [4.78, 5) is 34.7. The van der Waals surface area contributed by atoms with E-state index in [9.17, 15) is 24.8 Å². The van der Waals surface area contributed by atoms with E-state index in [4.69, 9.17) is 14.6 Å². The number of unbranched alkanes of at least 4 members (excludes halogenated alkanes) is 3. The van der Waals surface area contributed by atoms with Gasteiger partial charge in [-0.2, -0.15) is 0 Å². The highest BCUT2D eigenvalue weighted by Crippen LogP contribution is 2.34. The number of aromatic hydroxyl groups is 1. The molecule has 0 aliphatic carbocycles. The molecule has 1 aliphatic rings. The van der Waals surface area contributed by atoms with Crippen molar-refractivity contribution in [1.29, 1.82) is 0 Å². The van der Waals surface area contributed by atoms with Crippen LogP contribution in [0.3, 0.4) is 0 Å². The van der Waals surface area contributed by atoms with E-state index in [0.29, 0.717) is 12.3 Å². The van der Waals surface area contributed by atoms with Crippen molar-refractivity contribution in [2.75, 3.05) is 11.9 Å². The first-order chi connectivity index (χ1) is 15.8. The van der Waals surface area contributed by atoms with E-state index >= 15 is 0 Å². The number of anilines is 1. The maximum absolute atomic E-state index is 13.2. The summed E-state index contributed by atoms with van der Waals surface area (Å²) < 4.78 is 11.6. The third-order valence-corrected chi connectivity index (χ3v) is 5.06. The SMILES string of the molecule is CCCCCCOC1Oc2ccc([N+](=O)[O-])cc2C(=O)C1=CNc1ccc(C(=O)O)c(O)c1. The molecule has 0 saturated carbocycles. The number of rotatable bonds is 10. The molecular formula is C23H24N2O8. The van der Waals surface area contributed by atoms with Crippen LogP contribution in [-0.2, 0) is 4.74 Å². The molecule has 10 nitrogen and oxygen atoms in total. The second-order valence-corrected chi connectivity index (χ2v) is 7.43. The summed E-state index contributed by atoms with van der Waals surface area (Å²) in [5.74, 6) is -2.04. The van der Waals surface area contributed by atoms with E-state index in [2.05, 4.69) is 12.2 Å². The summed E-state index contributed by atoms with van der Waals surface area (Å²) >= 11 is 0. The van der Waals surface area contributed by atoms with E-state index in [1.807, 2.05) is 0 Å². The van der Waals surface area contributed by atoms with Crippen LogP contribution in [0.25, 0.3) is 0 Å². The number of carbonyl (C=O) groups excluding carboxylic acids is 1. The van der Waals surface area contributed by atoms with Gasteiger partial charge in [-0.1, -0.05) is 26.2 Å². The Balaban J connectivity index is 1.87. The van der Waals surface area contributed by atoms with Gasteiger partial charge in [0.25, 0.3) is 5.69 Å². The molecule has 2 aromatic rings. The predicted molar refractivity (Wildman–Crippen MR) is 119 cm³/mol. The first-order valence-corrected chi connectivity index (χ1v) is 10.5. The van der Waals surface area contributed by atoms with E-state index in [0.717, 1.165) is 31.7 Å². The molecule has 2 aromatic carbocycles. The molecule has 3 N–H and O–H groups in total. The standard InChI is InChI=1S/C23H24N2O8/c1-2-3-4-5-10-32-23-18(13-24-14-6-8-16(22(28)29)19(26)11-14)21(27)17-12-15(25(30)31)7-9-20(17)33-23/h6-9,11-13,23-24,26H,2-5,10H2,1H3,(H,28,29). The fraction of sp³-hybridized carbons (Fsp3) is 0.304. The van der Waals surface area contributed by atoms with Crippen LogP contribution in [0.4, 0.5) is 11.4 Å². The molecule has 0 spiro atoms. The van der Waals surface area contributed by atoms with Crippen LogP contribution in [0.1, 0.15) is 53.3 Å². The van der Waals surface area contributed by atoms with E-state index < -0.39 is 28.7 Å². The fourth-order valence-electron chi connectivity index (χ4n) is 3.29. The Kier molecular flexibility index (Phi) is 7.62. The van der Waals surface area contributed by atoms with E-state index in [-0.39, 0.29) is 28.1 Å². The average Bonchev–Trinajstić information content (AvgIpc) is 2.78. The summed E-state index contributed by atoms with van der Waals surface area (Å²) in [5.41, 5.74) is -0.0669. The van der Waals surface area contributed by atoms with Gasteiger partial charge in [0.15, 0.2) is 0 Å². The second kappa shape index (κ2) is 10.6. The van der Waals surface area contributed by atoms with Crippen molar-refractivity contribution < 1.29 is 34.2 Å². The highest BCUT2D eigenvalue weighted by molar-refractivity contribution is 6.12. The maximum Gasteiger partial charge on any atom is 0.339 e. The number of nitrogens with one attached hydrogen (secondary N) is 1. The Labute approximate surface area is 189 Å². The quantitative estimate of drug-likeness (QED) is 0.203. The average molecular weight is 456 g/mol. The van der Waals surface area contributed by atoms with E-state index in [1.165, 1.54) is 36.5 Å². The minimum absolute atomic E-state index is 0.0344. The van der Waals surface area contributed by atoms with Crippen LogP contribution >= 0.6 is 0 Å². The lowest BCUT2D eigenvalue weighted by atomic mass is 9.99. The Morgan fingerprint density at radius 3 is 2.70 bits per heavy atom. The number of benzene rings is 2. The number of carboxylic acids is 1. The van der Waals surface area contributed by atoms with Gasteiger partial charge in [-0.25, -0.2) is 4.79 Å². The molecule has 0 saturated heterocycles. The number of aromatic carboxylic acids is 1. The maximum atomic E-state index is 13.2. The number of hydrogen-bond donors (Lipinski definition) is 3. The Morgan fingerprint density at radius 2 is 2.03 bits per heavy atom. The number of ether oxygens (including phenoxy) is 2. The lowest BCUT2D eigenvalue weighted by molar-refractivity contribution is -0.384. The zero-order valence-corrected chi connectivity index (χ0v) is 17.9. The minimum Gasteiger partial charge on any atom is -0.507 e. The molecule has 0 amide bonds. The van der Waals surface area contributed by atoms with Crippen molar-refractivity contribution in [2.24, 2.45) is 0 Å². The number of Topliss-reactive ketones (excluding diaryl/α,β-unsaturated/α-hetero) is 1. The highest BCUT2D eigenvalue weighted by Gasteiger charge is 2.34. The summed E-state index contributed by atoms with van der Waals surface area (Å²) in [6.07, 6.45) is 4.16. The smallest absolute Gasteiger partial charge is 0.339 e. The van der Waals surface area contributed by atoms with Gasteiger partial charge in [-0.05, 0) is 24.6 Å². The molecule has 3 rings (SSSR count). The normalized spacial score (nSPS) is 16.2. The van der Waals surface area contributed by atoms with Crippen LogP contribution in [-0.4, -0.2) is 39.8 Å². The van der Waals surface area contributed by atoms with Crippen LogP contribution in [0.2, 0.25) is 0 Å². The molecular weight excluding hydrogens is 432 g/mol. The number of ketones is 1.